The number of aromatic amines is 1. The molecule has 4 rings (SSSR count). The number of nitrogens with one attached hydrogen (secondary N) is 1. The second-order valence-electron chi connectivity index (χ2n) is 6.49. The normalized spacial score (nSPS) is 13.7. The summed E-state index contributed by atoms with van der Waals surface area (Å²) in [5.74, 6) is 0.838. The van der Waals surface area contributed by atoms with Crippen LogP contribution in [0.1, 0.15) is 62.5 Å². The van der Waals surface area contributed by atoms with Gasteiger partial charge in [0.1, 0.15) is 11.5 Å². The first-order chi connectivity index (χ1) is 15.2. The highest BCUT2D eigenvalue weighted by Gasteiger charge is 2.25. The highest BCUT2D eigenvalue weighted by Crippen LogP contribution is 2.34. The smallest absolute Gasteiger partial charge is 0.356 e. The molecule has 168 valence electrons. The third kappa shape index (κ3) is 5.76. The number of pyridine rings is 1. The van der Waals surface area contributed by atoms with Crippen molar-refractivity contribution in [2.45, 2.75) is 51.6 Å². The fourth-order valence-corrected chi connectivity index (χ4v) is 3.98. The van der Waals surface area contributed by atoms with Gasteiger partial charge in [-0.25, -0.2) is 19.7 Å². The Kier molecular flexibility index (Phi) is 9.78. The minimum Gasteiger partial charge on any atom is -0.464 e. The van der Waals surface area contributed by atoms with Gasteiger partial charge in [-0.05, 0) is 42.7 Å². The lowest BCUT2D eigenvalue weighted by Gasteiger charge is -2.33. The molecule has 0 spiro atoms. The number of ether oxygens (including phenoxy) is 1. The summed E-state index contributed by atoms with van der Waals surface area (Å²) in [5.41, 5.74) is 2.58. The van der Waals surface area contributed by atoms with Crippen LogP contribution in [0.2, 0.25) is 0 Å². The molecule has 1 N–H and O–H groups in total. The Labute approximate surface area is 189 Å². The van der Waals surface area contributed by atoms with Gasteiger partial charge in [0.25, 0.3) is 0 Å². The number of H-pyrrole nitrogens is 1. The van der Waals surface area contributed by atoms with Crippen LogP contribution in [0.4, 0.5) is 5.82 Å². The fraction of sp³-hybridized carbons (Fsp3) is 0.478. The predicted octanol–water partition coefficient (Wildman–Crippen LogP) is 5.30. The highest BCUT2D eigenvalue weighted by molar-refractivity contribution is 7.98. The molecule has 3 aromatic rings. The van der Waals surface area contributed by atoms with E-state index in [9.17, 15) is 4.79 Å². The zero-order valence-electron chi connectivity index (χ0n) is 19.3. The molecule has 1 aliphatic rings. The standard InChI is InChI=1S/C19H21N5O2S.2C2H6/c1-26-18(25)15-10-16(23-19(22-15)27-2)24-8-5-12(6-9-24)14-11-21-17-13(14)4-3-7-20-17;2*1-2/h3-4,7,10-12H,5-6,8-9H2,1-2H3,(H,20,21);2*1-2H3. The number of esters is 1. The molecule has 1 aliphatic heterocycles. The Morgan fingerprint density at radius 3 is 2.55 bits per heavy atom. The van der Waals surface area contributed by atoms with Gasteiger partial charge >= 0.3 is 5.97 Å². The largest absolute Gasteiger partial charge is 0.464 e. The number of rotatable bonds is 4. The summed E-state index contributed by atoms with van der Waals surface area (Å²) in [6.45, 7) is 9.76. The Hall–Kier alpha value is -2.61. The molecule has 0 aliphatic carbocycles. The number of thioether (sulfide) groups is 1. The number of anilines is 1. The maximum absolute atomic E-state index is 11.9. The van der Waals surface area contributed by atoms with Crippen molar-refractivity contribution in [3.05, 3.63) is 41.9 Å². The van der Waals surface area contributed by atoms with Crippen molar-refractivity contribution in [2.24, 2.45) is 0 Å². The van der Waals surface area contributed by atoms with Crippen molar-refractivity contribution in [3.8, 4) is 0 Å². The van der Waals surface area contributed by atoms with Gasteiger partial charge in [-0.3, -0.25) is 0 Å². The minimum atomic E-state index is -0.435. The number of hydrogen-bond acceptors (Lipinski definition) is 7. The maximum Gasteiger partial charge on any atom is 0.356 e. The number of methoxy groups -OCH3 is 1. The van der Waals surface area contributed by atoms with Crippen LogP contribution in [0, 0.1) is 0 Å². The Bertz CT molecular complexity index is 968. The van der Waals surface area contributed by atoms with E-state index < -0.39 is 5.97 Å². The van der Waals surface area contributed by atoms with Gasteiger partial charge in [0.15, 0.2) is 10.9 Å². The van der Waals surface area contributed by atoms with Gasteiger partial charge in [0, 0.05) is 36.9 Å². The molecule has 0 atom stereocenters. The molecule has 7 nitrogen and oxygen atoms in total. The van der Waals surface area contributed by atoms with Crippen LogP contribution >= 0.6 is 11.8 Å². The predicted molar refractivity (Wildman–Crippen MR) is 128 cm³/mol. The number of fused-ring (bicyclic) bond motifs is 1. The fourth-order valence-electron chi connectivity index (χ4n) is 3.61. The van der Waals surface area contributed by atoms with E-state index in [1.165, 1.54) is 29.8 Å². The van der Waals surface area contributed by atoms with Gasteiger partial charge in [0.05, 0.1) is 7.11 Å². The van der Waals surface area contributed by atoms with E-state index in [0.29, 0.717) is 16.8 Å². The number of aromatic nitrogens is 4. The van der Waals surface area contributed by atoms with Crippen LogP contribution in [-0.4, -0.2) is 52.4 Å². The van der Waals surface area contributed by atoms with Gasteiger partial charge in [-0.2, -0.15) is 0 Å². The second kappa shape index (κ2) is 12.3. The summed E-state index contributed by atoms with van der Waals surface area (Å²) in [5, 5.41) is 1.79. The Morgan fingerprint density at radius 1 is 1.19 bits per heavy atom. The summed E-state index contributed by atoms with van der Waals surface area (Å²) in [7, 11) is 1.37. The van der Waals surface area contributed by atoms with E-state index in [-0.39, 0.29) is 0 Å². The average Bonchev–Trinajstić information content (AvgIpc) is 3.30. The molecule has 1 saturated heterocycles. The van der Waals surface area contributed by atoms with E-state index >= 15 is 0 Å². The van der Waals surface area contributed by atoms with E-state index in [1.807, 2.05) is 46.2 Å². The van der Waals surface area contributed by atoms with E-state index in [0.717, 1.165) is 37.4 Å². The lowest BCUT2D eigenvalue weighted by molar-refractivity contribution is 0.0593. The van der Waals surface area contributed by atoms with Gasteiger partial charge in [-0.15, -0.1) is 0 Å². The molecule has 0 aromatic carbocycles. The van der Waals surface area contributed by atoms with Crippen molar-refractivity contribution in [3.63, 3.8) is 0 Å². The van der Waals surface area contributed by atoms with Crippen LogP contribution in [-0.2, 0) is 4.74 Å². The number of carbonyl (C=O) groups excluding carboxylic acids is 1. The van der Waals surface area contributed by atoms with Crippen LogP contribution in [0.15, 0.2) is 35.7 Å². The molecule has 0 radical (unpaired) electrons. The van der Waals surface area contributed by atoms with Crippen LogP contribution in [0.25, 0.3) is 11.0 Å². The van der Waals surface area contributed by atoms with E-state index in [2.05, 4.69) is 37.1 Å². The number of carbonyl (C=O) groups is 1. The number of piperidine rings is 1. The van der Waals surface area contributed by atoms with Crippen molar-refractivity contribution < 1.29 is 9.53 Å². The van der Waals surface area contributed by atoms with Gasteiger partial charge in [-0.1, -0.05) is 39.5 Å². The van der Waals surface area contributed by atoms with Crippen LogP contribution < -0.4 is 4.90 Å². The molecule has 0 amide bonds. The molecule has 4 heterocycles. The third-order valence-corrected chi connectivity index (χ3v) is 5.56. The third-order valence-electron chi connectivity index (χ3n) is 5.01. The molecule has 1 fully saturated rings. The first kappa shape index (κ1) is 24.7. The molecule has 0 saturated carbocycles. The zero-order valence-corrected chi connectivity index (χ0v) is 20.1. The molecule has 31 heavy (non-hydrogen) atoms. The number of nitrogens with zero attached hydrogens (tertiary/aromatic N) is 4. The first-order valence-corrected chi connectivity index (χ1v) is 12.1. The maximum atomic E-state index is 11.9. The van der Waals surface area contributed by atoms with E-state index in [4.69, 9.17) is 4.74 Å². The molecule has 0 bridgehead atoms. The van der Waals surface area contributed by atoms with Crippen LogP contribution in [0.5, 0.6) is 0 Å². The number of hydrogen-bond donors (Lipinski definition) is 1. The van der Waals surface area contributed by atoms with Crippen molar-refractivity contribution >= 4 is 34.6 Å². The zero-order chi connectivity index (χ0) is 22.8. The summed E-state index contributed by atoms with van der Waals surface area (Å²) in [4.78, 5) is 30.6. The lowest BCUT2D eigenvalue weighted by Crippen LogP contribution is -2.33. The monoisotopic (exact) mass is 443 g/mol. The molecular formula is C23H33N5O2S. The summed E-state index contributed by atoms with van der Waals surface area (Å²) < 4.78 is 4.82. The second-order valence-corrected chi connectivity index (χ2v) is 7.27. The van der Waals surface area contributed by atoms with Crippen molar-refractivity contribution in [2.75, 3.05) is 31.4 Å². The average molecular weight is 444 g/mol. The quantitative estimate of drug-likeness (QED) is 0.333. The lowest BCUT2D eigenvalue weighted by atomic mass is 9.89. The van der Waals surface area contributed by atoms with Crippen LogP contribution in [0.3, 0.4) is 0 Å². The van der Waals surface area contributed by atoms with Crippen molar-refractivity contribution in [1.82, 2.24) is 19.9 Å². The van der Waals surface area contributed by atoms with Gasteiger partial charge in [0.2, 0.25) is 0 Å². The molecular weight excluding hydrogens is 410 g/mol. The van der Waals surface area contributed by atoms with E-state index in [1.54, 1.807) is 6.07 Å². The summed E-state index contributed by atoms with van der Waals surface area (Å²) in [6, 6.07) is 5.83. The Morgan fingerprint density at radius 2 is 1.90 bits per heavy atom. The topological polar surface area (TPSA) is 84.0 Å². The van der Waals surface area contributed by atoms with Gasteiger partial charge < -0.3 is 14.6 Å². The highest BCUT2D eigenvalue weighted by atomic mass is 32.2. The SMILES string of the molecule is CC.CC.COC(=O)c1cc(N2CCC(c3c[nH]c4ncccc34)CC2)nc(SC)n1. The summed E-state index contributed by atoms with van der Waals surface area (Å²) in [6.07, 6.45) is 7.84. The summed E-state index contributed by atoms with van der Waals surface area (Å²) >= 11 is 1.42. The molecule has 0 unspecified atom stereocenters. The minimum absolute atomic E-state index is 0.302. The Balaban J connectivity index is 0.000000807. The molecule has 8 heteroatoms. The molecule has 3 aromatic heterocycles. The first-order valence-electron chi connectivity index (χ1n) is 10.9. The van der Waals surface area contributed by atoms with Crippen molar-refractivity contribution in [1.29, 1.82) is 0 Å².